The molecule has 8 heteroatoms. The van der Waals surface area contributed by atoms with Crippen molar-refractivity contribution in [2.24, 2.45) is 5.92 Å². The van der Waals surface area contributed by atoms with Crippen molar-refractivity contribution in [3.8, 4) is 0 Å². The summed E-state index contributed by atoms with van der Waals surface area (Å²) in [5.41, 5.74) is 0.485. The summed E-state index contributed by atoms with van der Waals surface area (Å²) >= 11 is 3.27. The number of halogens is 1. The number of nitrogens with zero attached hydrogens (tertiary/aromatic N) is 3. The standard InChI is InChI=1S/C18H20BrN3O4/c19-13-4-5-14-15(10-13)17(24)22(16(14)23)26-18(25)21-8-6-20(7-9-21)11-12-2-1-3-12/h4-5,10,12H,1-3,6-9,11H2. The second-order valence-corrected chi connectivity index (χ2v) is 7.95. The summed E-state index contributed by atoms with van der Waals surface area (Å²) in [6.45, 7) is 3.76. The molecule has 0 bridgehead atoms. The van der Waals surface area contributed by atoms with Gasteiger partial charge in [0.15, 0.2) is 0 Å². The molecule has 1 saturated carbocycles. The minimum absolute atomic E-state index is 0.238. The fourth-order valence-electron chi connectivity index (χ4n) is 3.56. The molecule has 1 saturated heterocycles. The van der Waals surface area contributed by atoms with Gasteiger partial charge in [-0.05, 0) is 37.0 Å². The summed E-state index contributed by atoms with van der Waals surface area (Å²) < 4.78 is 0.688. The first kappa shape index (κ1) is 17.5. The van der Waals surface area contributed by atoms with Crippen molar-refractivity contribution in [1.82, 2.24) is 14.9 Å². The van der Waals surface area contributed by atoms with E-state index in [0.717, 1.165) is 25.6 Å². The van der Waals surface area contributed by atoms with E-state index in [9.17, 15) is 14.4 Å². The molecule has 0 radical (unpaired) electrons. The maximum Gasteiger partial charge on any atom is 0.434 e. The first-order valence-corrected chi connectivity index (χ1v) is 9.70. The number of amides is 3. The lowest BCUT2D eigenvalue weighted by molar-refractivity contribution is -0.0607. The van der Waals surface area contributed by atoms with Gasteiger partial charge in [0.1, 0.15) is 0 Å². The van der Waals surface area contributed by atoms with E-state index in [0.29, 0.717) is 22.6 Å². The van der Waals surface area contributed by atoms with E-state index in [4.69, 9.17) is 4.84 Å². The minimum Gasteiger partial charge on any atom is -0.310 e. The van der Waals surface area contributed by atoms with Gasteiger partial charge in [-0.1, -0.05) is 27.4 Å². The molecule has 4 rings (SSSR count). The Bertz CT molecular complexity index is 757. The van der Waals surface area contributed by atoms with Gasteiger partial charge in [-0.25, -0.2) is 4.79 Å². The Morgan fingerprint density at radius 1 is 1.08 bits per heavy atom. The molecule has 1 aromatic rings. The second kappa shape index (κ2) is 7.00. The predicted octanol–water partition coefficient (Wildman–Crippen LogP) is 2.51. The van der Waals surface area contributed by atoms with Crippen LogP contribution in [0.4, 0.5) is 4.79 Å². The van der Waals surface area contributed by atoms with Crippen LogP contribution in [0.1, 0.15) is 40.0 Å². The van der Waals surface area contributed by atoms with E-state index in [1.807, 2.05) is 0 Å². The fourth-order valence-corrected chi connectivity index (χ4v) is 3.92. The Hall–Kier alpha value is -1.93. The third-order valence-corrected chi connectivity index (χ3v) is 5.85. The number of carbonyl (C=O) groups excluding carboxylic acids is 3. The van der Waals surface area contributed by atoms with Gasteiger partial charge < -0.3 is 9.74 Å². The molecule has 2 aliphatic heterocycles. The third-order valence-electron chi connectivity index (χ3n) is 5.35. The van der Waals surface area contributed by atoms with Crippen molar-refractivity contribution in [3.05, 3.63) is 33.8 Å². The van der Waals surface area contributed by atoms with Crippen molar-refractivity contribution in [3.63, 3.8) is 0 Å². The van der Waals surface area contributed by atoms with Gasteiger partial charge in [0.25, 0.3) is 11.8 Å². The lowest BCUT2D eigenvalue weighted by atomic mass is 9.85. The molecule has 2 heterocycles. The largest absolute Gasteiger partial charge is 0.434 e. The average Bonchev–Trinajstić information content (AvgIpc) is 2.83. The topological polar surface area (TPSA) is 70.2 Å². The van der Waals surface area contributed by atoms with Crippen molar-refractivity contribution in [2.45, 2.75) is 19.3 Å². The van der Waals surface area contributed by atoms with Crippen LogP contribution >= 0.6 is 15.9 Å². The van der Waals surface area contributed by atoms with Crippen LogP contribution in [0.15, 0.2) is 22.7 Å². The number of carbonyl (C=O) groups is 3. The van der Waals surface area contributed by atoms with Gasteiger partial charge in [0, 0.05) is 37.2 Å². The van der Waals surface area contributed by atoms with Crippen molar-refractivity contribution in [1.29, 1.82) is 0 Å². The van der Waals surface area contributed by atoms with Gasteiger partial charge in [0.2, 0.25) is 0 Å². The highest BCUT2D eigenvalue weighted by Gasteiger charge is 2.40. The van der Waals surface area contributed by atoms with E-state index in [1.165, 1.54) is 19.3 Å². The Kier molecular flexibility index (Phi) is 4.71. The summed E-state index contributed by atoms with van der Waals surface area (Å²) in [5.74, 6) is -0.413. The molecule has 0 atom stereocenters. The van der Waals surface area contributed by atoms with Crippen LogP contribution in [0.5, 0.6) is 0 Å². The summed E-state index contributed by atoms with van der Waals surface area (Å²) in [4.78, 5) is 46.1. The number of hydroxylamine groups is 2. The van der Waals surface area contributed by atoms with Gasteiger partial charge in [-0.2, -0.15) is 0 Å². The molecule has 3 amide bonds. The maximum atomic E-state index is 12.4. The zero-order valence-electron chi connectivity index (χ0n) is 14.3. The second-order valence-electron chi connectivity index (χ2n) is 7.04. The lowest BCUT2D eigenvalue weighted by Crippen LogP contribution is -2.51. The van der Waals surface area contributed by atoms with Crippen molar-refractivity contribution >= 4 is 33.8 Å². The van der Waals surface area contributed by atoms with E-state index in [1.54, 1.807) is 23.1 Å². The normalized spacial score (nSPS) is 21.0. The molecule has 1 aliphatic carbocycles. The molecule has 3 aliphatic rings. The molecule has 26 heavy (non-hydrogen) atoms. The highest BCUT2D eigenvalue weighted by Crippen LogP contribution is 2.28. The Labute approximate surface area is 159 Å². The molecule has 7 nitrogen and oxygen atoms in total. The molecule has 0 spiro atoms. The molecule has 2 fully saturated rings. The average molecular weight is 422 g/mol. The molecule has 0 aromatic heterocycles. The van der Waals surface area contributed by atoms with Crippen LogP contribution in [0.25, 0.3) is 0 Å². The first-order chi connectivity index (χ1) is 12.5. The Morgan fingerprint density at radius 2 is 1.77 bits per heavy atom. The van der Waals surface area contributed by atoms with E-state index in [-0.39, 0.29) is 11.1 Å². The smallest absolute Gasteiger partial charge is 0.310 e. The number of rotatable bonds is 3. The maximum absolute atomic E-state index is 12.4. The minimum atomic E-state index is -0.651. The number of piperazine rings is 1. The SMILES string of the molecule is O=C(ON1C(=O)c2ccc(Br)cc2C1=O)N1CCN(CC2CCC2)CC1. The Morgan fingerprint density at radius 3 is 2.42 bits per heavy atom. The first-order valence-electron chi connectivity index (χ1n) is 8.90. The highest BCUT2D eigenvalue weighted by atomic mass is 79.9. The van der Waals surface area contributed by atoms with Crippen molar-refractivity contribution in [2.75, 3.05) is 32.7 Å². The Balaban J connectivity index is 1.34. The number of hydrogen-bond donors (Lipinski definition) is 0. The van der Waals surface area contributed by atoms with Crippen LogP contribution in [-0.2, 0) is 4.84 Å². The number of imide groups is 1. The van der Waals surface area contributed by atoms with Gasteiger partial charge >= 0.3 is 6.09 Å². The van der Waals surface area contributed by atoms with Crippen LogP contribution < -0.4 is 0 Å². The summed E-state index contributed by atoms with van der Waals surface area (Å²) in [7, 11) is 0. The number of benzene rings is 1. The molecule has 138 valence electrons. The molecule has 0 N–H and O–H groups in total. The third kappa shape index (κ3) is 3.23. The van der Waals surface area contributed by atoms with Crippen LogP contribution in [0.3, 0.4) is 0 Å². The van der Waals surface area contributed by atoms with Crippen LogP contribution in [0, 0.1) is 5.92 Å². The summed E-state index contributed by atoms with van der Waals surface area (Å²) in [6, 6.07) is 4.78. The summed E-state index contributed by atoms with van der Waals surface area (Å²) in [5, 5.41) is 0.570. The van der Waals surface area contributed by atoms with Gasteiger partial charge in [-0.3, -0.25) is 14.5 Å². The van der Waals surface area contributed by atoms with Gasteiger partial charge in [0.05, 0.1) is 11.1 Å². The molecule has 1 aromatic carbocycles. The van der Waals surface area contributed by atoms with Crippen LogP contribution in [0.2, 0.25) is 0 Å². The zero-order chi connectivity index (χ0) is 18.3. The van der Waals surface area contributed by atoms with E-state index >= 15 is 0 Å². The summed E-state index contributed by atoms with van der Waals surface area (Å²) in [6.07, 6.45) is 3.28. The van der Waals surface area contributed by atoms with E-state index < -0.39 is 17.9 Å². The zero-order valence-corrected chi connectivity index (χ0v) is 15.9. The van der Waals surface area contributed by atoms with Crippen molar-refractivity contribution < 1.29 is 19.2 Å². The molecule has 0 unspecified atom stereocenters. The predicted molar refractivity (Wildman–Crippen MR) is 96.5 cm³/mol. The van der Waals surface area contributed by atoms with Gasteiger partial charge in [-0.15, -0.1) is 0 Å². The highest BCUT2D eigenvalue weighted by molar-refractivity contribution is 9.10. The monoisotopic (exact) mass is 421 g/mol. The van der Waals surface area contributed by atoms with E-state index in [2.05, 4.69) is 20.8 Å². The molecular weight excluding hydrogens is 402 g/mol. The molecular formula is C18H20BrN3O4. The van der Waals surface area contributed by atoms with Crippen LogP contribution in [-0.4, -0.2) is 65.5 Å². The number of fused-ring (bicyclic) bond motifs is 1. The lowest BCUT2D eigenvalue weighted by Gasteiger charge is -2.38. The quantitative estimate of drug-likeness (QED) is 0.701. The number of hydrogen-bond acceptors (Lipinski definition) is 5. The fraction of sp³-hybridized carbons (Fsp3) is 0.500.